The van der Waals surface area contributed by atoms with E-state index in [1.165, 1.54) is 25.5 Å². The van der Waals surface area contributed by atoms with Crippen LogP contribution in [0.25, 0.3) is 0 Å². The molecule has 142 valence electrons. The maximum absolute atomic E-state index is 12.5. The molecule has 1 aromatic carbocycles. The molecule has 7 nitrogen and oxygen atoms in total. The van der Waals surface area contributed by atoms with Crippen molar-refractivity contribution >= 4 is 23.3 Å². The molecule has 1 saturated heterocycles. The van der Waals surface area contributed by atoms with Gasteiger partial charge in [-0.05, 0) is 43.9 Å². The summed E-state index contributed by atoms with van der Waals surface area (Å²) in [5.41, 5.74) is 2.44. The Morgan fingerprint density at radius 2 is 1.93 bits per heavy atom. The second-order valence-electron chi connectivity index (χ2n) is 7.45. The van der Waals surface area contributed by atoms with Gasteiger partial charge in [0.15, 0.2) is 5.82 Å². The largest absolute Gasteiger partial charge is 0.355 e. The van der Waals surface area contributed by atoms with E-state index in [2.05, 4.69) is 31.8 Å². The molecule has 27 heavy (non-hydrogen) atoms. The van der Waals surface area contributed by atoms with Crippen molar-refractivity contribution in [2.45, 2.75) is 44.6 Å². The molecule has 2 aliphatic rings. The number of hydrogen-bond donors (Lipinski definition) is 3. The Morgan fingerprint density at radius 3 is 2.63 bits per heavy atom. The predicted molar refractivity (Wildman–Crippen MR) is 104 cm³/mol. The first-order chi connectivity index (χ1) is 13.1. The van der Waals surface area contributed by atoms with Gasteiger partial charge in [-0.25, -0.2) is 0 Å². The number of amides is 2. The number of H-pyrrole nitrogens is 1. The molecule has 2 aromatic rings. The van der Waals surface area contributed by atoms with Gasteiger partial charge in [0, 0.05) is 55.0 Å². The highest BCUT2D eigenvalue weighted by Crippen LogP contribution is 2.40. The summed E-state index contributed by atoms with van der Waals surface area (Å²) < 4.78 is 0. The topological polar surface area (TPSA) is 90.1 Å². The highest BCUT2D eigenvalue weighted by Gasteiger charge is 2.27. The number of nitrogens with zero attached hydrogens (tertiary/aromatic N) is 2. The fourth-order valence-electron chi connectivity index (χ4n) is 3.55. The number of aromatic nitrogens is 2. The molecule has 0 radical (unpaired) electrons. The van der Waals surface area contributed by atoms with Crippen molar-refractivity contribution in [3.63, 3.8) is 0 Å². The number of anilines is 2. The first-order valence-electron chi connectivity index (χ1n) is 9.57. The second-order valence-corrected chi connectivity index (χ2v) is 7.45. The van der Waals surface area contributed by atoms with Gasteiger partial charge in [0.25, 0.3) is 5.91 Å². The van der Waals surface area contributed by atoms with E-state index in [1.807, 2.05) is 0 Å². The molecule has 3 N–H and O–H groups in total. The molecule has 7 heteroatoms. The lowest BCUT2D eigenvalue weighted by atomic mass is 10.0. The fourth-order valence-corrected chi connectivity index (χ4v) is 3.55. The SMILES string of the molecule is CC(=O)Nc1cccc(C(=O)NC2CCN(c3cc(C4CC4)[nH]n3)CC2)c1. The normalized spacial score (nSPS) is 17.6. The Bertz CT molecular complexity index is 834. The third kappa shape index (κ3) is 4.30. The number of aromatic amines is 1. The van der Waals surface area contributed by atoms with Crippen molar-refractivity contribution < 1.29 is 9.59 Å². The van der Waals surface area contributed by atoms with Crippen LogP contribution >= 0.6 is 0 Å². The summed E-state index contributed by atoms with van der Waals surface area (Å²) in [6, 6.07) is 9.34. The van der Waals surface area contributed by atoms with Gasteiger partial charge < -0.3 is 15.5 Å². The standard InChI is InChI=1S/C20H25N5O2/c1-13(26)21-17-4-2-3-15(11-17)20(27)22-16-7-9-25(10-8-16)19-12-18(23-24-19)14-5-6-14/h2-4,11-12,14,16H,5-10H2,1H3,(H,21,26)(H,22,27)(H,23,24). The minimum atomic E-state index is -0.150. The number of rotatable bonds is 5. The lowest BCUT2D eigenvalue weighted by molar-refractivity contribution is -0.114. The molecule has 1 aromatic heterocycles. The Hall–Kier alpha value is -2.83. The number of nitrogens with one attached hydrogen (secondary N) is 3. The van der Waals surface area contributed by atoms with Crippen LogP contribution in [0, 0.1) is 0 Å². The Labute approximate surface area is 158 Å². The summed E-state index contributed by atoms with van der Waals surface area (Å²) in [7, 11) is 0. The number of benzene rings is 1. The zero-order valence-electron chi connectivity index (χ0n) is 15.5. The lowest BCUT2D eigenvalue weighted by Gasteiger charge is -2.32. The van der Waals surface area contributed by atoms with Gasteiger partial charge in [-0.1, -0.05) is 6.07 Å². The summed E-state index contributed by atoms with van der Waals surface area (Å²) >= 11 is 0. The maximum Gasteiger partial charge on any atom is 0.251 e. The molecule has 2 heterocycles. The minimum Gasteiger partial charge on any atom is -0.355 e. The van der Waals surface area contributed by atoms with Crippen LogP contribution in [0.4, 0.5) is 11.5 Å². The molecule has 0 atom stereocenters. The molecule has 2 amide bonds. The number of piperidine rings is 1. The van der Waals surface area contributed by atoms with E-state index >= 15 is 0 Å². The smallest absolute Gasteiger partial charge is 0.251 e. The van der Waals surface area contributed by atoms with Gasteiger partial charge in [-0.15, -0.1) is 0 Å². The van der Waals surface area contributed by atoms with Gasteiger partial charge in [0.2, 0.25) is 5.91 Å². The van der Waals surface area contributed by atoms with Gasteiger partial charge >= 0.3 is 0 Å². The van der Waals surface area contributed by atoms with Crippen LogP contribution < -0.4 is 15.5 Å². The van der Waals surface area contributed by atoms with Crippen molar-refractivity contribution in [1.29, 1.82) is 0 Å². The zero-order valence-corrected chi connectivity index (χ0v) is 15.5. The Morgan fingerprint density at radius 1 is 1.15 bits per heavy atom. The molecule has 1 saturated carbocycles. The second kappa shape index (κ2) is 7.42. The number of carbonyl (C=O) groups excluding carboxylic acids is 2. The lowest BCUT2D eigenvalue weighted by Crippen LogP contribution is -2.44. The molecule has 0 unspecified atom stereocenters. The summed E-state index contributed by atoms with van der Waals surface area (Å²) in [5, 5.41) is 13.4. The number of carbonyl (C=O) groups is 2. The van der Waals surface area contributed by atoms with Crippen LogP contribution in [0.5, 0.6) is 0 Å². The van der Waals surface area contributed by atoms with E-state index in [0.29, 0.717) is 17.2 Å². The summed E-state index contributed by atoms with van der Waals surface area (Å²) in [4.78, 5) is 26.0. The van der Waals surface area contributed by atoms with E-state index < -0.39 is 0 Å². The summed E-state index contributed by atoms with van der Waals surface area (Å²) in [5.74, 6) is 1.44. The summed E-state index contributed by atoms with van der Waals surface area (Å²) in [6.45, 7) is 3.21. The minimum absolute atomic E-state index is 0.101. The molecule has 1 aliphatic carbocycles. The van der Waals surface area contributed by atoms with E-state index in [4.69, 9.17) is 0 Å². The van der Waals surface area contributed by atoms with Gasteiger partial charge in [0.05, 0.1) is 0 Å². The molecule has 0 bridgehead atoms. The zero-order chi connectivity index (χ0) is 18.8. The van der Waals surface area contributed by atoms with Gasteiger partial charge in [-0.3, -0.25) is 14.7 Å². The number of hydrogen-bond acceptors (Lipinski definition) is 4. The molecule has 2 fully saturated rings. The van der Waals surface area contributed by atoms with E-state index in [1.54, 1.807) is 24.3 Å². The summed E-state index contributed by atoms with van der Waals surface area (Å²) in [6.07, 6.45) is 4.31. The highest BCUT2D eigenvalue weighted by molar-refractivity contribution is 5.96. The molecule has 4 rings (SSSR count). The molecular weight excluding hydrogens is 342 g/mol. The average molecular weight is 367 g/mol. The van der Waals surface area contributed by atoms with Crippen molar-refractivity contribution in [2.75, 3.05) is 23.3 Å². The Balaban J connectivity index is 1.30. The van der Waals surface area contributed by atoms with Crippen LogP contribution in [-0.2, 0) is 4.79 Å². The molecular formula is C20H25N5O2. The first kappa shape index (κ1) is 17.6. The average Bonchev–Trinajstić information content (AvgIpc) is 3.39. The fraction of sp³-hybridized carbons (Fsp3) is 0.450. The van der Waals surface area contributed by atoms with E-state index in [9.17, 15) is 9.59 Å². The monoisotopic (exact) mass is 367 g/mol. The van der Waals surface area contributed by atoms with Crippen LogP contribution in [0.2, 0.25) is 0 Å². The van der Waals surface area contributed by atoms with Gasteiger partial charge in [-0.2, -0.15) is 5.10 Å². The maximum atomic E-state index is 12.5. The van der Waals surface area contributed by atoms with Crippen LogP contribution in [-0.4, -0.2) is 41.1 Å². The molecule has 1 aliphatic heterocycles. The predicted octanol–water partition coefficient (Wildman–Crippen LogP) is 2.64. The highest BCUT2D eigenvalue weighted by atomic mass is 16.2. The Kier molecular flexibility index (Phi) is 4.83. The quantitative estimate of drug-likeness (QED) is 0.758. The van der Waals surface area contributed by atoms with Crippen LogP contribution in [0.15, 0.2) is 30.3 Å². The van der Waals surface area contributed by atoms with Gasteiger partial charge in [0.1, 0.15) is 0 Å². The van der Waals surface area contributed by atoms with Crippen LogP contribution in [0.3, 0.4) is 0 Å². The van der Waals surface area contributed by atoms with E-state index in [-0.39, 0.29) is 17.9 Å². The van der Waals surface area contributed by atoms with E-state index in [0.717, 1.165) is 31.7 Å². The first-order valence-corrected chi connectivity index (χ1v) is 9.57. The third-order valence-electron chi connectivity index (χ3n) is 5.20. The third-order valence-corrected chi connectivity index (χ3v) is 5.20. The van der Waals surface area contributed by atoms with Crippen molar-refractivity contribution in [1.82, 2.24) is 15.5 Å². The van der Waals surface area contributed by atoms with Crippen molar-refractivity contribution in [2.24, 2.45) is 0 Å². The molecule has 0 spiro atoms. The van der Waals surface area contributed by atoms with Crippen molar-refractivity contribution in [3.8, 4) is 0 Å². The van der Waals surface area contributed by atoms with Crippen molar-refractivity contribution in [3.05, 3.63) is 41.6 Å². The van der Waals surface area contributed by atoms with Crippen LogP contribution in [0.1, 0.15) is 54.6 Å².